The highest BCUT2D eigenvalue weighted by molar-refractivity contribution is 5.97. The summed E-state index contributed by atoms with van der Waals surface area (Å²) in [5.41, 5.74) is 2.36. The van der Waals surface area contributed by atoms with Crippen LogP contribution in [-0.2, 0) is 13.6 Å². The number of fused-ring (bicyclic) bond motifs is 2. The zero-order valence-corrected chi connectivity index (χ0v) is 12.9. The summed E-state index contributed by atoms with van der Waals surface area (Å²) in [5, 5.41) is 2.83. The Hall–Kier alpha value is -3.22. The van der Waals surface area contributed by atoms with Crippen LogP contribution in [0.25, 0.3) is 11.1 Å². The molecule has 7 heteroatoms. The summed E-state index contributed by atoms with van der Waals surface area (Å²) in [6.07, 6.45) is 0. The Morgan fingerprint density at radius 2 is 2.00 bits per heavy atom. The minimum absolute atomic E-state index is 0.216. The smallest absolute Gasteiger partial charge is 0.419 e. The molecule has 1 amide bonds. The third kappa shape index (κ3) is 2.40. The number of nitrogens with zero attached hydrogens (tertiary/aromatic N) is 1. The summed E-state index contributed by atoms with van der Waals surface area (Å²) in [5.74, 6) is 0.674. The van der Waals surface area contributed by atoms with Crippen LogP contribution in [0, 0.1) is 0 Å². The van der Waals surface area contributed by atoms with Crippen LogP contribution in [-0.4, -0.2) is 17.3 Å². The lowest BCUT2D eigenvalue weighted by molar-refractivity contribution is 0.0951. The fourth-order valence-electron chi connectivity index (χ4n) is 2.61. The zero-order chi connectivity index (χ0) is 16.7. The second kappa shape index (κ2) is 5.45. The first kappa shape index (κ1) is 14.4. The van der Waals surface area contributed by atoms with Crippen molar-refractivity contribution in [1.82, 2.24) is 9.88 Å². The van der Waals surface area contributed by atoms with Crippen LogP contribution in [0.5, 0.6) is 11.5 Å². The van der Waals surface area contributed by atoms with Gasteiger partial charge in [-0.05, 0) is 35.9 Å². The summed E-state index contributed by atoms with van der Waals surface area (Å²) in [6.45, 7) is 0.569. The van der Waals surface area contributed by atoms with Crippen molar-refractivity contribution in [3.05, 3.63) is 58.1 Å². The van der Waals surface area contributed by atoms with E-state index in [1.165, 1.54) is 4.57 Å². The van der Waals surface area contributed by atoms with E-state index in [-0.39, 0.29) is 12.7 Å². The third-order valence-corrected chi connectivity index (χ3v) is 3.94. The topological polar surface area (TPSA) is 82.7 Å². The number of carbonyl (C=O) groups excluding carboxylic acids is 1. The van der Waals surface area contributed by atoms with Crippen molar-refractivity contribution in [1.29, 1.82) is 0 Å². The first-order chi connectivity index (χ1) is 11.6. The summed E-state index contributed by atoms with van der Waals surface area (Å²) in [7, 11) is 1.62. The predicted molar refractivity (Wildman–Crippen MR) is 85.2 cm³/mol. The van der Waals surface area contributed by atoms with Crippen LogP contribution < -0.4 is 20.5 Å². The molecule has 0 fully saturated rings. The Balaban J connectivity index is 1.51. The average Bonchev–Trinajstić information content (AvgIpc) is 3.16. The van der Waals surface area contributed by atoms with E-state index < -0.39 is 5.76 Å². The number of hydrogen-bond acceptors (Lipinski definition) is 5. The van der Waals surface area contributed by atoms with Gasteiger partial charge in [0, 0.05) is 19.2 Å². The normalized spacial score (nSPS) is 12.5. The molecular formula is C17H14N2O5. The van der Waals surface area contributed by atoms with Crippen LogP contribution in [0.2, 0.25) is 0 Å². The second-order valence-electron chi connectivity index (χ2n) is 5.48. The highest BCUT2D eigenvalue weighted by Gasteiger charge is 2.14. The van der Waals surface area contributed by atoms with Gasteiger partial charge in [-0.15, -0.1) is 0 Å². The molecule has 1 N–H and O–H groups in total. The number of benzene rings is 2. The molecule has 0 unspecified atom stereocenters. The van der Waals surface area contributed by atoms with Gasteiger partial charge in [-0.3, -0.25) is 9.36 Å². The van der Waals surface area contributed by atoms with Crippen LogP contribution in [0.15, 0.2) is 45.6 Å². The van der Waals surface area contributed by atoms with Gasteiger partial charge in [0.2, 0.25) is 6.79 Å². The maximum absolute atomic E-state index is 12.3. The van der Waals surface area contributed by atoms with Gasteiger partial charge in [-0.1, -0.05) is 6.07 Å². The van der Waals surface area contributed by atoms with Gasteiger partial charge in [0.25, 0.3) is 5.91 Å². The Morgan fingerprint density at radius 3 is 2.88 bits per heavy atom. The molecule has 0 bridgehead atoms. The average molecular weight is 326 g/mol. The lowest BCUT2D eigenvalue weighted by Crippen LogP contribution is -2.22. The number of hydrogen-bond donors (Lipinski definition) is 1. The first-order valence-corrected chi connectivity index (χ1v) is 7.38. The molecule has 0 aliphatic carbocycles. The molecule has 0 atom stereocenters. The number of amides is 1. The van der Waals surface area contributed by atoms with Crippen molar-refractivity contribution < 1.29 is 18.7 Å². The quantitative estimate of drug-likeness (QED) is 0.793. The molecule has 24 heavy (non-hydrogen) atoms. The number of aryl methyl sites for hydroxylation is 1. The van der Waals surface area contributed by atoms with Crippen molar-refractivity contribution in [2.24, 2.45) is 7.05 Å². The van der Waals surface area contributed by atoms with Gasteiger partial charge in [-0.25, -0.2) is 4.79 Å². The van der Waals surface area contributed by atoms with E-state index in [1.807, 2.05) is 18.2 Å². The fraction of sp³-hybridized carbons (Fsp3) is 0.176. The lowest BCUT2D eigenvalue weighted by Gasteiger charge is -2.06. The van der Waals surface area contributed by atoms with Gasteiger partial charge < -0.3 is 19.2 Å². The van der Waals surface area contributed by atoms with Crippen molar-refractivity contribution in [3.63, 3.8) is 0 Å². The molecule has 0 saturated heterocycles. The molecular weight excluding hydrogens is 312 g/mol. The van der Waals surface area contributed by atoms with Gasteiger partial charge in [0.05, 0.1) is 5.52 Å². The molecule has 1 aliphatic heterocycles. The highest BCUT2D eigenvalue weighted by atomic mass is 16.7. The Labute approximate surface area is 136 Å². The van der Waals surface area contributed by atoms with Crippen molar-refractivity contribution in [2.45, 2.75) is 6.54 Å². The maximum Gasteiger partial charge on any atom is 0.419 e. The minimum atomic E-state index is -0.456. The lowest BCUT2D eigenvalue weighted by atomic mass is 10.1. The Kier molecular flexibility index (Phi) is 3.26. The van der Waals surface area contributed by atoms with Crippen LogP contribution in [0.3, 0.4) is 0 Å². The molecule has 0 saturated carbocycles. The molecule has 4 rings (SSSR count). The van der Waals surface area contributed by atoms with E-state index in [2.05, 4.69) is 5.32 Å². The van der Waals surface area contributed by atoms with Crippen LogP contribution in [0.4, 0.5) is 0 Å². The van der Waals surface area contributed by atoms with E-state index in [4.69, 9.17) is 13.9 Å². The number of oxazole rings is 1. The van der Waals surface area contributed by atoms with E-state index >= 15 is 0 Å². The minimum Gasteiger partial charge on any atom is -0.454 e. The summed E-state index contributed by atoms with van der Waals surface area (Å²) < 4.78 is 17.1. The summed E-state index contributed by atoms with van der Waals surface area (Å²) in [4.78, 5) is 23.8. The first-order valence-electron chi connectivity index (χ1n) is 7.38. The number of rotatable bonds is 3. The van der Waals surface area contributed by atoms with Gasteiger partial charge in [0.15, 0.2) is 17.1 Å². The van der Waals surface area contributed by atoms with E-state index in [0.717, 1.165) is 5.56 Å². The number of carbonyl (C=O) groups is 1. The number of nitrogens with one attached hydrogen (secondary N) is 1. The van der Waals surface area contributed by atoms with E-state index in [0.29, 0.717) is 34.7 Å². The standard InChI is InChI=1S/C17H14N2O5/c1-19-12-4-3-11(7-14(12)24-17(19)21)16(20)18-8-10-2-5-13-15(6-10)23-9-22-13/h2-7H,8-9H2,1H3,(H,18,20). The zero-order valence-electron chi connectivity index (χ0n) is 12.9. The summed E-state index contributed by atoms with van der Waals surface area (Å²) >= 11 is 0. The van der Waals surface area contributed by atoms with Gasteiger partial charge >= 0.3 is 5.76 Å². The van der Waals surface area contributed by atoms with Crippen molar-refractivity contribution in [3.8, 4) is 11.5 Å². The molecule has 7 nitrogen and oxygen atoms in total. The largest absolute Gasteiger partial charge is 0.454 e. The Bertz CT molecular complexity index is 1000. The van der Waals surface area contributed by atoms with Crippen LogP contribution >= 0.6 is 0 Å². The second-order valence-corrected chi connectivity index (χ2v) is 5.48. The maximum atomic E-state index is 12.3. The fourth-order valence-corrected chi connectivity index (χ4v) is 2.61. The molecule has 1 aliphatic rings. The monoisotopic (exact) mass is 326 g/mol. The number of ether oxygens (including phenoxy) is 2. The predicted octanol–water partition coefficient (Wildman–Crippen LogP) is 1.79. The summed E-state index contributed by atoms with van der Waals surface area (Å²) in [6, 6.07) is 10.4. The number of aromatic nitrogens is 1. The van der Waals surface area contributed by atoms with Crippen LogP contribution in [0.1, 0.15) is 15.9 Å². The molecule has 3 aromatic rings. The third-order valence-electron chi connectivity index (χ3n) is 3.94. The van der Waals surface area contributed by atoms with E-state index in [9.17, 15) is 9.59 Å². The molecule has 122 valence electrons. The van der Waals surface area contributed by atoms with Gasteiger partial charge in [0.1, 0.15) is 0 Å². The van der Waals surface area contributed by atoms with Crippen molar-refractivity contribution >= 4 is 17.0 Å². The molecule has 2 heterocycles. The SMILES string of the molecule is Cn1c(=O)oc2cc(C(=O)NCc3ccc4c(c3)OCO4)ccc21. The Morgan fingerprint density at radius 1 is 1.17 bits per heavy atom. The van der Waals surface area contributed by atoms with E-state index in [1.54, 1.807) is 25.2 Å². The molecule has 0 spiro atoms. The molecule has 2 aromatic carbocycles. The van der Waals surface area contributed by atoms with Gasteiger partial charge in [-0.2, -0.15) is 0 Å². The van der Waals surface area contributed by atoms with Crippen molar-refractivity contribution in [2.75, 3.05) is 6.79 Å². The highest BCUT2D eigenvalue weighted by Crippen LogP contribution is 2.32. The molecule has 1 aromatic heterocycles. The molecule has 0 radical (unpaired) electrons.